The van der Waals surface area contributed by atoms with E-state index in [2.05, 4.69) is 27.9 Å². The summed E-state index contributed by atoms with van der Waals surface area (Å²) in [4.78, 5) is 28.2. The molecule has 7 heteroatoms. The van der Waals surface area contributed by atoms with Crippen molar-refractivity contribution >= 4 is 29.0 Å². The SMILES string of the molecule is CCc1nc(CNC(=O)NC[C@H]2CC(=O)Nc3ccccc32)cs1. The number of thiazole rings is 1. The molecule has 2 aromatic rings. The monoisotopic (exact) mass is 344 g/mol. The Bertz CT molecular complexity index is 744. The van der Waals surface area contributed by atoms with Crippen molar-refractivity contribution in [2.24, 2.45) is 0 Å². The summed E-state index contributed by atoms with van der Waals surface area (Å²) in [5.41, 5.74) is 2.76. The van der Waals surface area contributed by atoms with Crippen molar-refractivity contribution in [2.75, 3.05) is 11.9 Å². The summed E-state index contributed by atoms with van der Waals surface area (Å²) in [6.45, 7) is 2.89. The maximum Gasteiger partial charge on any atom is 0.315 e. The lowest BCUT2D eigenvalue weighted by molar-refractivity contribution is -0.116. The summed E-state index contributed by atoms with van der Waals surface area (Å²) < 4.78 is 0. The molecule has 24 heavy (non-hydrogen) atoms. The summed E-state index contributed by atoms with van der Waals surface area (Å²) in [7, 11) is 0. The van der Waals surface area contributed by atoms with Crippen molar-refractivity contribution in [3.8, 4) is 0 Å². The van der Waals surface area contributed by atoms with Gasteiger partial charge in [0.1, 0.15) is 0 Å². The smallest absolute Gasteiger partial charge is 0.315 e. The first-order valence-electron chi connectivity index (χ1n) is 7.99. The number of aryl methyl sites for hydroxylation is 1. The molecule has 6 nitrogen and oxygen atoms in total. The molecule has 0 radical (unpaired) electrons. The van der Waals surface area contributed by atoms with Gasteiger partial charge in [-0.25, -0.2) is 9.78 Å². The highest BCUT2D eigenvalue weighted by Crippen LogP contribution is 2.31. The molecular weight excluding hydrogens is 324 g/mol. The van der Waals surface area contributed by atoms with Crippen LogP contribution < -0.4 is 16.0 Å². The zero-order chi connectivity index (χ0) is 16.9. The van der Waals surface area contributed by atoms with Gasteiger partial charge in [0, 0.05) is 30.0 Å². The number of anilines is 1. The second-order valence-electron chi connectivity index (χ2n) is 5.69. The van der Waals surface area contributed by atoms with Crippen LogP contribution >= 0.6 is 11.3 Å². The fraction of sp³-hybridized carbons (Fsp3) is 0.353. The molecule has 0 fully saturated rings. The van der Waals surface area contributed by atoms with Crippen LogP contribution in [0.25, 0.3) is 0 Å². The predicted molar refractivity (Wildman–Crippen MR) is 94.2 cm³/mol. The molecule has 1 aliphatic rings. The van der Waals surface area contributed by atoms with Gasteiger partial charge in [-0.1, -0.05) is 25.1 Å². The topological polar surface area (TPSA) is 83.1 Å². The Kier molecular flexibility index (Phi) is 5.10. The van der Waals surface area contributed by atoms with Gasteiger partial charge in [-0.2, -0.15) is 0 Å². The Morgan fingerprint density at radius 2 is 2.21 bits per heavy atom. The minimum Gasteiger partial charge on any atom is -0.338 e. The Morgan fingerprint density at radius 3 is 3.00 bits per heavy atom. The van der Waals surface area contributed by atoms with Crippen LogP contribution in [0, 0.1) is 0 Å². The van der Waals surface area contributed by atoms with E-state index >= 15 is 0 Å². The zero-order valence-corrected chi connectivity index (χ0v) is 14.3. The summed E-state index contributed by atoms with van der Waals surface area (Å²) >= 11 is 1.60. The average molecular weight is 344 g/mol. The number of rotatable bonds is 5. The third-order valence-corrected chi connectivity index (χ3v) is 4.99. The first kappa shape index (κ1) is 16.4. The molecule has 3 amide bonds. The van der Waals surface area contributed by atoms with Crippen LogP contribution in [0.4, 0.5) is 10.5 Å². The molecule has 0 bridgehead atoms. The van der Waals surface area contributed by atoms with Crippen molar-refractivity contribution in [3.05, 3.63) is 45.9 Å². The number of hydrogen-bond donors (Lipinski definition) is 3. The standard InChI is InChI=1S/C17H20N4O2S/c1-2-16-20-12(10-24-16)9-19-17(23)18-8-11-7-15(22)21-14-6-4-3-5-13(11)14/h3-6,10-11H,2,7-9H2,1H3,(H,21,22)(H2,18,19,23)/t11-/m1/s1. The molecule has 0 saturated carbocycles. The largest absolute Gasteiger partial charge is 0.338 e. The van der Waals surface area contributed by atoms with E-state index in [4.69, 9.17) is 0 Å². The van der Waals surface area contributed by atoms with Gasteiger partial charge >= 0.3 is 6.03 Å². The van der Waals surface area contributed by atoms with E-state index in [0.717, 1.165) is 28.4 Å². The normalized spacial score (nSPS) is 16.2. The molecule has 1 aromatic heterocycles. The van der Waals surface area contributed by atoms with Gasteiger partial charge in [0.05, 0.1) is 17.2 Å². The van der Waals surface area contributed by atoms with E-state index in [0.29, 0.717) is 19.5 Å². The molecule has 126 valence electrons. The van der Waals surface area contributed by atoms with Gasteiger partial charge in [-0.3, -0.25) is 4.79 Å². The quantitative estimate of drug-likeness (QED) is 0.780. The van der Waals surface area contributed by atoms with Crippen molar-refractivity contribution in [2.45, 2.75) is 32.2 Å². The van der Waals surface area contributed by atoms with Crippen LogP contribution in [0.5, 0.6) is 0 Å². The maximum atomic E-state index is 12.0. The number of fused-ring (bicyclic) bond motifs is 1. The number of hydrogen-bond acceptors (Lipinski definition) is 4. The molecular formula is C17H20N4O2S. The summed E-state index contributed by atoms with van der Waals surface area (Å²) in [5, 5.41) is 11.5. The maximum absolute atomic E-state index is 12.0. The van der Waals surface area contributed by atoms with E-state index in [1.807, 2.05) is 29.6 Å². The molecule has 3 N–H and O–H groups in total. The number of nitrogens with one attached hydrogen (secondary N) is 3. The van der Waals surface area contributed by atoms with Crippen molar-refractivity contribution in [1.82, 2.24) is 15.6 Å². The minimum atomic E-state index is -0.246. The molecule has 1 aromatic carbocycles. The Hall–Kier alpha value is -2.41. The number of urea groups is 1. The lowest BCUT2D eigenvalue weighted by Gasteiger charge is -2.25. The second-order valence-corrected chi connectivity index (χ2v) is 6.63. The number of aromatic nitrogens is 1. The molecule has 0 saturated heterocycles. The summed E-state index contributed by atoms with van der Waals surface area (Å²) in [6, 6.07) is 7.45. The van der Waals surface area contributed by atoms with E-state index in [9.17, 15) is 9.59 Å². The average Bonchev–Trinajstić information content (AvgIpc) is 3.05. The van der Waals surface area contributed by atoms with E-state index in [-0.39, 0.29) is 17.9 Å². The van der Waals surface area contributed by atoms with Crippen LogP contribution in [0.2, 0.25) is 0 Å². The third kappa shape index (κ3) is 3.91. The van der Waals surface area contributed by atoms with Gasteiger partial charge in [-0.05, 0) is 18.1 Å². The highest BCUT2D eigenvalue weighted by atomic mass is 32.1. The van der Waals surface area contributed by atoms with Crippen LogP contribution in [-0.2, 0) is 17.8 Å². The third-order valence-electron chi connectivity index (χ3n) is 3.95. The van der Waals surface area contributed by atoms with E-state index in [1.54, 1.807) is 11.3 Å². The molecule has 3 rings (SSSR count). The van der Waals surface area contributed by atoms with E-state index < -0.39 is 0 Å². The van der Waals surface area contributed by atoms with Crippen LogP contribution in [-0.4, -0.2) is 23.5 Å². The Morgan fingerprint density at radius 1 is 1.38 bits per heavy atom. The van der Waals surface area contributed by atoms with Crippen molar-refractivity contribution in [3.63, 3.8) is 0 Å². The number of nitrogens with zero attached hydrogens (tertiary/aromatic N) is 1. The molecule has 0 aliphatic carbocycles. The van der Waals surface area contributed by atoms with Crippen molar-refractivity contribution < 1.29 is 9.59 Å². The van der Waals surface area contributed by atoms with Gasteiger partial charge < -0.3 is 16.0 Å². The Balaban J connectivity index is 1.52. The number of benzene rings is 1. The van der Waals surface area contributed by atoms with Crippen LogP contribution in [0.15, 0.2) is 29.6 Å². The molecule has 0 unspecified atom stereocenters. The van der Waals surface area contributed by atoms with Crippen LogP contribution in [0.3, 0.4) is 0 Å². The second kappa shape index (κ2) is 7.44. The van der Waals surface area contributed by atoms with Crippen LogP contribution in [0.1, 0.15) is 35.5 Å². The van der Waals surface area contributed by atoms with Crippen molar-refractivity contribution in [1.29, 1.82) is 0 Å². The lowest BCUT2D eigenvalue weighted by Crippen LogP contribution is -2.39. The van der Waals surface area contributed by atoms with Gasteiger partial charge in [-0.15, -0.1) is 11.3 Å². The van der Waals surface area contributed by atoms with Gasteiger partial charge in [0.25, 0.3) is 0 Å². The summed E-state index contributed by atoms with van der Waals surface area (Å²) in [6.07, 6.45) is 1.28. The number of para-hydroxylation sites is 1. The Labute approximate surface area is 144 Å². The molecule has 2 heterocycles. The molecule has 1 aliphatic heterocycles. The molecule has 1 atom stereocenters. The summed E-state index contributed by atoms with van der Waals surface area (Å²) in [5.74, 6) is -0.0258. The first-order valence-corrected chi connectivity index (χ1v) is 8.87. The minimum absolute atomic E-state index is 0.00772. The van der Waals surface area contributed by atoms with E-state index in [1.165, 1.54) is 0 Å². The zero-order valence-electron chi connectivity index (χ0n) is 13.5. The number of amides is 3. The first-order chi connectivity index (χ1) is 11.7. The lowest BCUT2D eigenvalue weighted by atomic mass is 9.90. The predicted octanol–water partition coefficient (Wildman–Crippen LogP) is 2.63. The number of carbonyl (C=O) groups excluding carboxylic acids is 2. The highest BCUT2D eigenvalue weighted by molar-refractivity contribution is 7.09. The highest BCUT2D eigenvalue weighted by Gasteiger charge is 2.24. The van der Waals surface area contributed by atoms with Gasteiger partial charge in [0.15, 0.2) is 0 Å². The molecule has 0 spiro atoms. The fourth-order valence-corrected chi connectivity index (χ4v) is 3.47. The fourth-order valence-electron chi connectivity index (χ4n) is 2.73. The van der Waals surface area contributed by atoms with Gasteiger partial charge in [0.2, 0.25) is 5.91 Å². The number of carbonyl (C=O) groups is 2.